The summed E-state index contributed by atoms with van der Waals surface area (Å²) >= 11 is 1.50. The van der Waals surface area contributed by atoms with E-state index in [1.54, 1.807) is 19.6 Å². The monoisotopic (exact) mass is 264 g/mol. The molecule has 1 aromatic carbocycles. The Bertz CT molecular complexity index is 485. The van der Waals surface area contributed by atoms with Gasteiger partial charge in [0.05, 0.1) is 18.6 Å². The summed E-state index contributed by atoms with van der Waals surface area (Å²) in [4.78, 5) is 4.12. The van der Waals surface area contributed by atoms with E-state index in [4.69, 9.17) is 14.9 Å². The SMILES string of the molecule is COc1ccccc1C(Sc1ncco1)C(C)N. The van der Waals surface area contributed by atoms with Crippen LogP contribution in [0.25, 0.3) is 0 Å². The summed E-state index contributed by atoms with van der Waals surface area (Å²) in [5.74, 6) is 0.832. The second kappa shape index (κ2) is 5.93. The smallest absolute Gasteiger partial charge is 0.256 e. The Kier molecular flexibility index (Phi) is 4.28. The van der Waals surface area contributed by atoms with Gasteiger partial charge in [-0.25, -0.2) is 4.98 Å². The molecule has 0 radical (unpaired) electrons. The first kappa shape index (κ1) is 13.0. The van der Waals surface area contributed by atoms with E-state index in [0.717, 1.165) is 11.3 Å². The lowest BCUT2D eigenvalue weighted by atomic mass is 10.1. The Hall–Kier alpha value is -1.46. The van der Waals surface area contributed by atoms with Crippen LogP contribution in [-0.4, -0.2) is 18.1 Å². The third kappa shape index (κ3) is 2.86. The van der Waals surface area contributed by atoms with Crippen molar-refractivity contribution in [3.63, 3.8) is 0 Å². The maximum absolute atomic E-state index is 6.06. The number of ether oxygens (including phenoxy) is 1. The largest absolute Gasteiger partial charge is 0.496 e. The number of nitrogens with two attached hydrogens (primary N) is 1. The number of methoxy groups -OCH3 is 1. The molecule has 0 aliphatic heterocycles. The van der Waals surface area contributed by atoms with Gasteiger partial charge in [-0.1, -0.05) is 30.0 Å². The predicted molar refractivity (Wildman–Crippen MR) is 71.7 cm³/mol. The first-order valence-corrected chi connectivity index (χ1v) is 6.55. The molecule has 0 aliphatic carbocycles. The Labute approximate surface area is 111 Å². The summed E-state index contributed by atoms with van der Waals surface area (Å²) < 4.78 is 10.6. The average Bonchev–Trinajstić information content (AvgIpc) is 2.88. The van der Waals surface area contributed by atoms with Crippen molar-refractivity contribution in [2.75, 3.05) is 7.11 Å². The molecule has 96 valence electrons. The van der Waals surface area contributed by atoms with Crippen LogP contribution >= 0.6 is 11.8 Å². The zero-order chi connectivity index (χ0) is 13.0. The number of thioether (sulfide) groups is 1. The second-order valence-electron chi connectivity index (χ2n) is 3.94. The molecule has 0 amide bonds. The van der Waals surface area contributed by atoms with E-state index < -0.39 is 0 Å². The molecule has 2 N–H and O–H groups in total. The highest BCUT2D eigenvalue weighted by Crippen LogP contribution is 2.40. The minimum atomic E-state index is -0.0433. The second-order valence-corrected chi connectivity index (χ2v) is 5.03. The van der Waals surface area contributed by atoms with Gasteiger partial charge in [-0.3, -0.25) is 0 Å². The third-order valence-corrected chi connectivity index (χ3v) is 3.90. The van der Waals surface area contributed by atoms with Crippen LogP contribution in [0.15, 0.2) is 46.4 Å². The van der Waals surface area contributed by atoms with E-state index >= 15 is 0 Å². The normalized spacial score (nSPS) is 14.2. The number of para-hydroxylation sites is 1. The van der Waals surface area contributed by atoms with Gasteiger partial charge in [-0.15, -0.1) is 0 Å². The van der Waals surface area contributed by atoms with E-state index in [0.29, 0.717) is 5.22 Å². The van der Waals surface area contributed by atoms with Crippen LogP contribution in [0.1, 0.15) is 17.7 Å². The highest BCUT2D eigenvalue weighted by atomic mass is 32.2. The van der Waals surface area contributed by atoms with Gasteiger partial charge in [-0.05, 0) is 13.0 Å². The molecular formula is C13H16N2O2S. The fourth-order valence-corrected chi connectivity index (χ4v) is 2.72. The van der Waals surface area contributed by atoms with Crippen molar-refractivity contribution in [2.45, 2.75) is 23.4 Å². The molecule has 0 fully saturated rings. The maximum Gasteiger partial charge on any atom is 0.256 e. The van der Waals surface area contributed by atoms with Gasteiger partial charge >= 0.3 is 0 Å². The molecule has 0 spiro atoms. The molecule has 0 bridgehead atoms. The summed E-state index contributed by atoms with van der Waals surface area (Å²) in [6.07, 6.45) is 3.19. The Morgan fingerprint density at radius 1 is 1.39 bits per heavy atom. The zero-order valence-electron chi connectivity index (χ0n) is 10.4. The van der Waals surface area contributed by atoms with Crippen molar-refractivity contribution in [1.82, 2.24) is 4.98 Å². The van der Waals surface area contributed by atoms with Gasteiger partial charge < -0.3 is 14.9 Å². The summed E-state index contributed by atoms with van der Waals surface area (Å²) in [6, 6.07) is 7.82. The minimum absolute atomic E-state index is 0.0415. The Balaban J connectivity index is 2.29. The van der Waals surface area contributed by atoms with Gasteiger partial charge in [0.2, 0.25) is 0 Å². The highest BCUT2D eigenvalue weighted by Gasteiger charge is 2.22. The van der Waals surface area contributed by atoms with Crippen molar-refractivity contribution >= 4 is 11.8 Å². The molecule has 2 rings (SSSR count). The molecule has 4 nitrogen and oxygen atoms in total. The third-order valence-electron chi connectivity index (χ3n) is 2.56. The Morgan fingerprint density at radius 2 is 2.17 bits per heavy atom. The average molecular weight is 264 g/mol. The van der Waals surface area contributed by atoms with E-state index in [-0.39, 0.29) is 11.3 Å². The first-order valence-electron chi connectivity index (χ1n) is 5.67. The van der Waals surface area contributed by atoms with Gasteiger partial charge in [0.25, 0.3) is 5.22 Å². The standard InChI is InChI=1S/C13H16N2O2S/c1-9(14)12(18-13-15-7-8-17-13)10-5-3-4-6-11(10)16-2/h3-9,12H,14H2,1-2H3. The predicted octanol–water partition coefficient (Wildman–Crippen LogP) is 2.86. The number of rotatable bonds is 5. The van der Waals surface area contributed by atoms with E-state index in [2.05, 4.69) is 4.98 Å². The maximum atomic E-state index is 6.06. The summed E-state index contributed by atoms with van der Waals surface area (Å²) in [6.45, 7) is 1.97. The zero-order valence-corrected chi connectivity index (χ0v) is 11.2. The number of hydrogen-bond acceptors (Lipinski definition) is 5. The number of nitrogens with zero attached hydrogens (tertiary/aromatic N) is 1. The Morgan fingerprint density at radius 3 is 2.78 bits per heavy atom. The van der Waals surface area contributed by atoms with Crippen LogP contribution < -0.4 is 10.5 Å². The molecule has 2 unspecified atom stereocenters. The summed E-state index contributed by atoms with van der Waals surface area (Å²) in [5.41, 5.74) is 7.12. The van der Waals surface area contributed by atoms with Gasteiger partial charge in [-0.2, -0.15) is 0 Å². The molecule has 0 aliphatic rings. The van der Waals surface area contributed by atoms with Crippen LogP contribution in [0.5, 0.6) is 5.75 Å². The van der Waals surface area contributed by atoms with Crippen molar-refractivity contribution in [3.05, 3.63) is 42.3 Å². The van der Waals surface area contributed by atoms with Crippen molar-refractivity contribution in [3.8, 4) is 5.75 Å². The molecule has 5 heteroatoms. The number of hydrogen-bond donors (Lipinski definition) is 1. The van der Waals surface area contributed by atoms with E-state index in [1.807, 2.05) is 31.2 Å². The number of oxazole rings is 1. The molecule has 1 aromatic heterocycles. The highest BCUT2D eigenvalue weighted by molar-refractivity contribution is 7.99. The molecule has 2 atom stereocenters. The summed E-state index contributed by atoms with van der Waals surface area (Å²) in [5, 5.41) is 0.656. The minimum Gasteiger partial charge on any atom is -0.496 e. The lowest BCUT2D eigenvalue weighted by molar-refractivity contribution is 0.407. The quantitative estimate of drug-likeness (QED) is 0.841. The summed E-state index contributed by atoms with van der Waals surface area (Å²) in [7, 11) is 1.66. The lowest BCUT2D eigenvalue weighted by Gasteiger charge is -2.21. The van der Waals surface area contributed by atoms with Crippen molar-refractivity contribution in [2.24, 2.45) is 5.73 Å². The first-order chi connectivity index (χ1) is 8.72. The van der Waals surface area contributed by atoms with Crippen molar-refractivity contribution in [1.29, 1.82) is 0 Å². The molecular weight excluding hydrogens is 248 g/mol. The molecule has 0 saturated carbocycles. The fraction of sp³-hybridized carbons (Fsp3) is 0.308. The fourth-order valence-electron chi connectivity index (χ4n) is 1.73. The topological polar surface area (TPSA) is 61.3 Å². The van der Waals surface area contributed by atoms with Crippen LogP contribution in [-0.2, 0) is 0 Å². The molecule has 2 aromatic rings. The van der Waals surface area contributed by atoms with Crippen molar-refractivity contribution < 1.29 is 9.15 Å². The van der Waals surface area contributed by atoms with Gasteiger partial charge in [0, 0.05) is 11.6 Å². The number of aromatic nitrogens is 1. The molecule has 18 heavy (non-hydrogen) atoms. The van der Waals surface area contributed by atoms with Crippen LogP contribution in [0.2, 0.25) is 0 Å². The molecule has 1 heterocycles. The van der Waals surface area contributed by atoms with E-state index in [1.165, 1.54) is 11.8 Å². The van der Waals surface area contributed by atoms with Crippen LogP contribution in [0, 0.1) is 0 Å². The molecule has 0 saturated heterocycles. The number of benzene rings is 1. The van der Waals surface area contributed by atoms with Crippen LogP contribution in [0.3, 0.4) is 0 Å². The van der Waals surface area contributed by atoms with Gasteiger partial charge in [0.15, 0.2) is 0 Å². The van der Waals surface area contributed by atoms with Crippen LogP contribution in [0.4, 0.5) is 0 Å². The van der Waals surface area contributed by atoms with E-state index in [9.17, 15) is 0 Å². The van der Waals surface area contributed by atoms with Gasteiger partial charge in [0.1, 0.15) is 12.0 Å². The lowest BCUT2D eigenvalue weighted by Crippen LogP contribution is -2.23.